The van der Waals surface area contributed by atoms with E-state index in [2.05, 4.69) is 40.0 Å². The van der Waals surface area contributed by atoms with Gasteiger partial charge in [0.05, 0.1) is 6.20 Å². The van der Waals surface area contributed by atoms with E-state index in [9.17, 15) is 4.79 Å². The molecule has 5 heteroatoms. The minimum Gasteiger partial charge on any atom is -0.317 e. The van der Waals surface area contributed by atoms with Crippen molar-refractivity contribution in [1.29, 1.82) is 0 Å². The van der Waals surface area contributed by atoms with Crippen LogP contribution < -0.4 is 10.6 Å². The van der Waals surface area contributed by atoms with Gasteiger partial charge in [0.1, 0.15) is 5.82 Å². The van der Waals surface area contributed by atoms with E-state index in [1.165, 1.54) is 5.56 Å². The van der Waals surface area contributed by atoms with Crippen LogP contribution in [0.5, 0.6) is 0 Å². The molecule has 2 N–H and O–H groups in total. The van der Waals surface area contributed by atoms with E-state index in [1.807, 2.05) is 19.1 Å². The molecule has 0 radical (unpaired) electrons. The van der Waals surface area contributed by atoms with Crippen LogP contribution in [0.4, 0.5) is 5.82 Å². The summed E-state index contributed by atoms with van der Waals surface area (Å²) in [6, 6.07) is 12.3. The van der Waals surface area contributed by atoms with Crippen LogP contribution in [0, 0.1) is 0 Å². The van der Waals surface area contributed by atoms with Crippen molar-refractivity contribution in [1.82, 2.24) is 15.1 Å². The predicted molar refractivity (Wildman–Crippen MR) is 91.4 cm³/mol. The number of carbonyl (C=O) groups excluding carboxylic acids is 1. The number of aryl methyl sites for hydroxylation is 1. The molecule has 1 saturated heterocycles. The number of hydrogen-bond donors (Lipinski definition) is 2. The first-order valence-electron chi connectivity index (χ1n) is 8.31. The van der Waals surface area contributed by atoms with Crippen LogP contribution in [0.1, 0.15) is 31.7 Å². The highest BCUT2D eigenvalue weighted by Crippen LogP contribution is 2.37. The molecule has 122 valence electrons. The summed E-state index contributed by atoms with van der Waals surface area (Å²) >= 11 is 0. The number of hydrogen-bond acceptors (Lipinski definition) is 3. The molecule has 2 heterocycles. The Balaban J connectivity index is 1.77. The molecule has 23 heavy (non-hydrogen) atoms. The van der Waals surface area contributed by atoms with Crippen molar-refractivity contribution in [2.75, 3.05) is 18.4 Å². The third-order valence-electron chi connectivity index (χ3n) is 4.73. The Morgan fingerprint density at radius 1 is 1.26 bits per heavy atom. The van der Waals surface area contributed by atoms with Crippen LogP contribution in [0.25, 0.3) is 0 Å². The second kappa shape index (κ2) is 6.96. The lowest BCUT2D eigenvalue weighted by molar-refractivity contribution is -0.117. The molecule has 1 amide bonds. The fraction of sp³-hybridized carbons (Fsp3) is 0.444. The number of piperidine rings is 1. The molecule has 0 unspecified atom stereocenters. The molecule has 0 bridgehead atoms. The van der Waals surface area contributed by atoms with E-state index in [-0.39, 0.29) is 11.3 Å². The van der Waals surface area contributed by atoms with E-state index < -0.39 is 0 Å². The maximum atomic E-state index is 12.7. The number of amides is 1. The Morgan fingerprint density at radius 2 is 2.00 bits per heavy atom. The lowest BCUT2D eigenvalue weighted by Crippen LogP contribution is -2.42. The maximum absolute atomic E-state index is 12.7. The second-order valence-corrected chi connectivity index (χ2v) is 6.15. The first-order valence-corrected chi connectivity index (χ1v) is 8.31. The second-order valence-electron chi connectivity index (χ2n) is 6.15. The Kier molecular flexibility index (Phi) is 4.76. The minimum absolute atomic E-state index is 0.0611. The number of nitrogens with zero attached hydrogens (tertiary/aromatic N) is 2. The molecule has 2 aromatic rings. The molecule has 1 fully saturated rings. The molecule has 5 nitrogen and oxygen atoms in total. The zero-order valence-electron chi connectivity index (χ0n) is 13.6. The summed E-state index contributed by atoms with van der Waals surface area (Å²) in [5.41, 5.74) is 1.19. The van der Waals surface area contributed by atoms with Crippen LogP contribution in [0.2, 0.25) is 0 Å². The third-order valence-corrected chi connectivity index (χ3v) is 4.73. The SMILES string of the molecule is CCn1nccc1NC(=O)CC1(c2ccccc2)CCNCC1. The molecule has 0 atom stereocenters. The van der Waals surface area contributed by atoms with Gasteiger partial charge >= 0.3 is 0 Å². The van der Waals surface area contributed by atoms with Gasteiger partial charge in [-0.25, -0.2) is 4.68 Å². The van der Waals surface area contributed by atoms with Gasteiger partial charge in [-0.15, -0.1) is 0 Å². The Bertz CT molecular complexity index is 644. The van der Waals surface area contributed by atoms with E-state index in [1.54, 1.807) is 10.9 Å². The topological polar surface area (TPSA) is 59.0 Å². The number of anilines is 1. The molecule has 1 aliphatic rings. The highest BCUT2D eigenvalue weighted by Gasteiger charge is 2.36. The fourth-order valence-electron chi connectivity index (χ4n) is 3.45. The van der Waals surface area contributed by atoms with Crippen molar-refractivity contribution in [3.8, 4) is 0 Å². The van der Waals surface area contributed by atoms with E-state index in [0.29, 0.717) is 6.42 Å². The number of nitrogens with one attached hydrogen (secondary N) is 2. The number of carbonyl (C=O) groups is 1. The van der Waals surface area contributed by atoms with Crippen LogP contribution in [0.15, 0.2) is 42.6 Å². The van der Waals surface area contributed by atoms with Crippen molar-refractivity contribution < 1.29 is 4.79 Å². The van der Waals surface area contributed by atoms with Gasteiger partial charge in [-0.1, -0.05) is 30.3 Å². The van der Waals surface area contributed by atoms with Crippen LogP contribution in [-0.2, 0) is 16.8 Å². The zero-order chi connectivity index (χ0) is 16.1. The van der Waals surface area contributed by atoms with Crippen LogP contribution >= 0.6 is 0 Å². The van der Waals surface area contributed by atoms with Gasteiger partial charge < -0.3 is 10.6 Å². The summed E-state index contributed by atoms with van der Waals surface area (Å²) in [6.07, 6.45) is 4.19. The van der Waals surface area contributed by atoms with Gasteiger partial charge in [-0.05, 0) is 38.4 Å². The smallest absolute Gasteiger partial charge is 0.226 e. The molecule has 0 aliphatic carbocycles. The van der Waals surface area contributed by atoms with Crippen molar-refractivity contribution >= 4 is 11.7 Å². The Labute approximate surface area is 137 Å². The lowest BCUT2D eigenvalue weighted by atomic mass is 9.70. The molecule has 0 spiro atoms. The summed E-state index contributed by atoms with van der Waals surface area (Å²) in [5, 5.41) is 10.6. The Morgan fingerprint density at radius 3 is 2.70 bits per heavy atom. The summed E-state index contributed by atoms with van der Waals surface area (Å²) in [5.74, 6) is 0.834. The summed E-state index contributed by atoms with van der Waals surface area (Å²) in [4.78, 5) is 12.7. The van der Waals surface area contributed by atoms with Crippen molar-refractivity contribution in [3.63, 3.8) is 0 Å². The van der Waals surface area contributed by atoms with Crippen LogP contribution in [0.3, 0.4) is 0 Å². The average Bonchev–Trinajstić information content (AvgIpc) is 3.03. The highest BCUT2D eigenvalue weighted by molar-refractivity contribution is 5.90. The first-order chi connectivity index (χ1) is 11.2. The number of rotatable bonds is 5. The lowest BCUT2D eigenvalue weighted by Gasteiger charge is -2.37. The predicted octanol–water partition coefficient (Wildman–Crippen LogP) is 2.55. The quantitative estimate of drug-likeness (QED) is 0.892. The normalized spacial score (nSPS) is 16.9. The Hall–Kier alpha value is -2.14. The maximum Gasteiger partial charge on any atom is 0.226 e. The van der Waals surface area contributed by atoms with E-state index >= 15 is 0 Å². The van der Waals surface area contributed by atoms with Crippen molar-refractivity contribution in [3.05, 3.63) is 48.2 Å². The third kappa shape index (κ3) is 3.45. The fourth-order valence-corrected chi connectivity index (χ4v) is 3.45. The minimum atomic E-state index is -0.0757. The molecule has 1 aromatic carbocycles. The van der Waals surface area contributed by atoms with Crippen molar-refractivity contribution in [2.45, 2.75) is 38.1 Å². The van der Waals surface area contributed by atoms with Gasteiger partial charge in [0.2, 0.25) is 5.91 Å². The molecule has 0 saturated carbocycles. The average molecular weight is 312 g/mol. The molecule has 1 aliphatic heterocycles. The van der Waals surface area contributed by atoms with E-state index in [0.717, 1.165) is 38.3 Å². The first kappa shape index (κ1) is 15.7. The molecular formula is C18H24N4O. The van der Waals surface area contributed by atoms with Gasteiger partial charge in [-0.2, -0.15) is 5.10 Å². The molecule has 1 aromatic heterocycles. The van der Waals surface area contributed by atoms with Crippen LogP contribution in [-0.4, -0.2) is 28.8 Å². The highest BCUT2D eigenvalue weighted by atomic mass is 16.1. The van der Waals surface area contributed by atoms with Gasteiger partial charge in [0.25, 0.3) is 0 Å². The summed E-state index contributed by atoms with van der Waals surface area (Å²) < 4.78 is 1.80. The zero-order valence-corrected chi connectivity index (χ0v) is 13.6. The van der Waals surface area contributed by atoms with Gasteiger partial charge in [0, 0.05) is 24.4 Å². The van der Waals surface area contributed by atoms with Gasteiger partial charge in [0.15, 0.2) is 0 Å². The summed E-state index contributed by atoms with van der Waals surface area (Å²) in [7, 11) is 0. The number of aromatic nitrogens is 2. The van der Waals surface area contributed by atoms with E-state index in [4.69, 9.17) is 0 Å². The molecule has 3 rings (SSSR count). The largest absolute Gasteiger partial charge is 0.317 e. The van der Waals surface area contributed by atoms with Gasteiger partial charge in [-0.3, -0.25) is 4.79 Å². The van der Waals surface area contributed by atoms with Crippen molar-refractivity contribution in [2.24, 2.45) is 0 Å². The standard InChI is InChI=1S/C18H24N4O/c1-2-22-16(8-11-20-22)21-17(23)14-18(9-12-19-13-10-18)15-6-4-3-5-7-15/h3-8,11,19H,2,9-10,12-14H2,1H3,(H,21,23). The monoisotopic (exact) mass is 312 g/mol. The molecular weight excluding hydrogens is 288 g/mol. The number of benzene rings is 1. The summed E-state index contributed by atoms with van der Waals surface area (Å²) in [6.45, 7) is 4.67.